The summed E-state index contributed by atoms with van der Waals surface area (Å²) in [4.78, 5) is 0. The summed E-state index contributed by atoms with van der Waals surface area (Å²) in [5.74, 6) is 1.85. The molecule has 0 aromatic heterocycles. The molecule has 0 radical (unpaired) electrons. The Bertz CT molecular complexity index is 532. The molecular formula is C17H22ClNO. The number of rotatable bonds is 4. The molecule has 0 spiro atoms. The van der Waals surface area contributed by atoms with E-state index in [0.717, 1.165) is 18.3 Å². The highest BCUT2D eigenvalue weighted by Gasteiger charge is 2.12. The predicted molar refractivity (Wildman–Crippen MR) is 86.9 cm³/mol. The van der Waals surface area contributed by atoms with Gasteiger partial charge in [0, 0.05) is 5.39 Å². The summed E-state index contributed by atoms with van der Waals surface area (Å²) in [5, 5.41) is 5.88. The zero-order valence-corrected chi connectivity index (χ0v) is 12.5. The summed E-state index contributed by atoms with van der Waals surface area (Å²) in [6.07, 6.45) is 3.75. The lowest BCUT2D eigenvalue weighted by Crippen LogP contribution is -2.28. The van der Waals surface area contributed by atoms with Crippen LogP contribution >= 0.6 is 12.4 Å². The molecule has 1 N–H and O–H groups in total. The molecule has 0 unspecified atom stereocenters. The summed E-state index contributed by atoms with van der Waals surface area (Å²) in [5.41, 5.74) is 0. The fraction of sp³-hybridized carbons (Fsp3) is 0.412. The number of halogens is 1. The molecule has 108 valence electrons. The van der Waals surface area contributed by atoms with Gasteiger partial charge in [-0.1, -0.05) is 36.4 Å². The number of ether oxygens (including phenoxy) is 1. The molecule has 0 atom stereocenters. The average Bonchev–Trinajstić information content (AvgIpc) is 2.49. The summed E-state index contributed by atoms with van der Waals surface area (Å²) >= 11 is 0. The van der Waals surface area contributed by atoms with Gasteiger partial charge >= 0.3 is 0 Å². The van der Waals surface area contributed by atoms with Crippen molar-refractivity contribution in [3.05, 3.63) is 42.5 Å². The van der Waals surface area contributed by atoms with Crippen LogP contribution in [-0.2, 0) is 0 Å². The van der Waals surface area contributed by atoms with E-state index in [0.29, 0.717) is 0 Å². The summed E-state index contributed by atoms with van der Waals surface area (Å²) in [6.45, 7) is 3.16. The Hall–Kier alpha value is -1.25. The lowest BCUT2D eigenvalue weighted by molar-refractivity contribution is 0.254. The highest BCUT2D eigenvalue weighted by molar-refractivity contribution is 5.88. The van der Waals surface area contributed by atoms with E-state index in [1.807, 2.05) is 0 Å². The van der Waals surface area contributed by atoms with Crippen LogP contribution in [0.4, 0.5) is 0 Å². The maximum absolute atomic E-state index is 6.00. The summed E-state index contributed by atoms with van der Waals surface area (Å²) in [7, 11) is 0. The number of piperidine rings is 1. The van der Waals surface area contributed by atoms with Crippen LogP contribution in [0.2, 0.25) is 0 Å². The van der Waals surface area contributed by atoms with Crippen molar-refractivity contribution in [1.82, 2.24) is 5.32 Å². The van der Waals surface area contributed by atoms with Gasteiger partial charge in [-0.15, -0.1) is 12.4 Å². The third-order valence-corrected chi connectivity index (χ3v) is 3.99. The first-order valence-electron chi connectivity index (χ1n) is 7.25. The Morgan fingerprint density at radius 2 is 1.75 bits per heavy atom. The minimum absolute atomic E-state index is 0. The van der Waals surface area contributed by atoms with Gasteiger partial charge in [-0.25, -0.2) is 0 Å². The lowest BCUT2D eigenvalue weighted by atomic mass is 9.95. The second-order valence-corrected chi connectivity index (χ2v) is 5.31. The van der Waals surface area contributed by atoms with Crippen molar-refractivity contribution in [3.8, 4) is 5.75 Å². The first kappa shape index (κ1) is 15.1. The maximum Gasteiger partial charge on any atom is 0.127 e. The Morgan fingerprint density at radius 3 is 2.60 bits per heavy atom. The van der Waals surface area contributed by atoms with E-state index in [9.17, 15) is 0 Å². The Morgan fingerprint density at radius 1 is 1.00 bits per heavy atom. The molecule has 3 heteroatoms. The van der Waals surface area contributed by atoms with E-state index in [1.165, 1.54) is 43.1 Å². The largest absolute Gasteiger partial charge is 0.493 e. The molecule has 1 fully saturated rings. The second kappa shape index (κ2) is 7.51. The van der Waals surface area contributed by atoms with Crippen molar-refractivity contribution in [2.24, 2.45) is 5.92 Å². The van der Waals surface area contributed by atoms with Crippen LogP contribution in [0.15, 0.2) is 42.5 Å². The van der Waals surface area contributed by atoms with Crippen LogP contribution in [-0.4, -0.2) is 19.7 Å². The second-order valence-electron chi connectivity index (χ2n) is 5.31. The lowest BCUT2D eigenvalue weighted by Gasteiger charge is -2.22. The zero-order valence-electron chi connectivity index (χ0n) is 11.7. The number of benzene rings is 2. The number of fused-ring (bicyclic) bond motifs is 1. The van der Waals surface area contributed by atoms with Gasteiger partial charge in [0.15, 0.2) is 0 Å². The van der Waals surface area contributed by atoms with Gasteiger partial charge in [0.2, 0.25) is 0 Å². The predicted octanol–water partition coefficient (Wildman–Crippen LogP) is 4.03. The Balaban J connectivity index is 0.00000147. The smallest absolute Gasteiger partial charge is 0.127 e. The van der Waals surface area contributed by atoms with Gasteiger partial charge in [0.05, 0.1) is 6.61 Å². The van der Waals surface area contributed by atoms with E-state index in [2.05, 4.69) is 47.8 Å². The van der Waals surface area contributed by atoms with E-state index in [1.54, 1.807) is 0 Å². The first-order valence-corrected chi connectivity index (χ1v) is 7.25. The number of hydrogen-bond donors (Lipinski definition) is 1. The zero-order chi connectivity index (χ0) is 12.9. The van der Waals surface area contributed by atoms with Gasteiger partial charge < -0.3 is 10.1 Å². The molecule has 1 aliphatic rings. The van der Waals surface area contributed by atoms with Gasteiger partial charge in [0.25, 0.3) is 0 Å². The highest BCUT2D eigenvalue weighted by atomic mass is 35.5. The minimum atomic E-state index is 0. The first-order chi connectivity index (χ1) is 9.43. The van der Waals surface area contributed by atoms with Crippen molar-refractivity contribution < 1.29 is 4.74 Å². The molecule has 1 aliphatic heterocycles. The topological polar surface area (TPSA) is 21.3 Å². The van der Waals surface area contributed by atoms with Crippen LogP contribution < -0.4 is 10.1 Å². The SMILES string of the molecule is Cl.c1ccc2c(OCCC3CCNCC3)cccc2c1. The Labute approximate surface area is 126 Å². The highest BCUT2D eigenvalue weighted by Crippen LogP contribution is 2.26. The van der Waals surface area contributed by atoms with Crippen LogP contribution in [0.25, 0.3) is 10.8 Å². The summed E-state index contributed by atoms with van der Waals surface area (Å²) < 4.78 is 6.00. The maximum atomic E-state index is 6.00. The minimum Gasteiger partial charge on any atom is -0.493 e. The molecule has 0 aliphatic carbocycles. The molecule has 2 aromatic rings. The van der Waals surface area contributed by atoms with Crippen LogP contribution in [0.3, 0.4) is 0 Å². The third kappa shape index (κ3) is 3.65. The van der Waals surface area contributed by atoms with Gasteiger partial charge in [0.1, 0.15) is 5.75 Å². The normalized spacial score (nSPS) is 15.8. The molecule has 0 bridgehead atoms. The molecule has 3 rings (SSSR count). The van der Waals surface area contributed by atoms with Crippen LogP contribution in [0.1, 0.15) is 19.3 Å². The van der Waals surface area contributed by atoms with Crippen LogP contribution in [0.5, 0.6) is 5.75 Å². The number of hydrogen-bond acceptors (Lipinski definition) is 2. The van der Waals surface area contributed by atoms with E-state index < -0.39 is 0 Å². The van der Waals surface area contributed by atoms with Crippen LogP contribution in [0, 0.1) is 5.92 Å². The van der Waals surface area contributed by atoms with E-state index in [-0.39, 0.29) is 12.4 Å². The molecule has 1 heterocycles. The average molecular weight is 292 g/mol. The fourth-order valence-electron chi connectivity index (χ4n) is 2.83. The molecule has 1 saturated heterocycles. The van der Waals surface area contributed by atoms with Gasteiger partial charge in [-0.2, -0.15) is 0 Å². The van der Waals surface area contributed by atoms with Crippen molar-refractivity contribution in [1.29, 1.82) is 0 Å². The quantitative estimate of drug-likeness (QED) is 0.918. The van der Waals surface area contributed by atoms with Crippen molar-refractivity contribution in [2.45, 2.75) is 19.3 Å². The third-order valence-electron chi connectivity index (χ3n) is 3.99. The monoisotopic (exact) mass is 291 g/mol. The van der Waals surface area contributed by atoms with Gasteiger partial charge in [-0.05, 0) is 49.7 Å². The summed E-state index contributed by atoms with van der Waals surface area (Å²) in [6, 6.07) is 14.7. The van der Waals surface area contributed by atoms with Crippen molar-refractivity contribution >= 4 is 23.2 Å². The number of nitrogens with one attached hydrogen (secondary N) is 1. The fourth-order valence-corrected chi connectivity index (χ4v) is 2.83. The molecule has 2 aromatic carbocycles. The molecule has 0 saturated carbocycles. The van der Waals surface area contributed by atoms with E-state index >= 15 is 0 Å². The molecular weight excluding hydrogens is 270 g/mol. The van der Waals surface area contributed by atoms with E-state index in [4.69, 9.17) is 4.74 Å². The van der Waals surface area contributed by atoms with Crippen molar-refractivity contribution in [2.75, 3.05) is 19.7 Å². The Kier molecular flexibility index (Phi) is 5.69. The van der Waals surface area contributed by atoms with Crippen molar-refractivity contribution in [3.63, 3.8) is 0 Å². The molecule has 20 heavy (non-hydrogen) atoms. The molecule has 0 amide bonds. The van der Waals surface area contributed by atoms with Gasteiger partial charge in [-0.3, -0.25) is 0 Å². The molecule has 2 nitrogen and oxygen atoms in total. The standard InChI is InChI=1S/C17H21NO.ClH/c1-2-6-16-15(4-1)5-3-7-17(16)19-13-10-14-8-11-18-12-9-14;/h1-7,14,18H,8-13H2;1H.